The van der Waals surface area contributed by atoms with Gasteiger partial charge in [0.05, 0.1) is 17.9 Å². The number of aryl methyl sites for hydroxylation is 1. The van der Waals surface area contributed by atoms with Crippen LogP contribution in [0.5, 0.6) is 0 Å². The van der Waals surface area contributed by atoms with Crippen LogP contribution in [0.1, 0.15) is 24.6 Å². The molecule has 4 rings (SSSR count). The first-order valence-corrected chi connectivity index (χ1v) is 9.14. The van der Waals surface area contributed by atoms with Crippen molar-refractivity contribution >= 4 is 0 Å². The summed E-state index contributed by atoms with van der Waals surface area (Å²) < 4.78 is 15.4. The van der Waals surface area contributed by atoms with Crippen LogP contribution in [0.15, 0.2) is 61.2 Å². The summed E-state index contributed by atoms with van der Waals surface area (Å²) in [5.41, 5.74) is 4.22. The fraction of sp³-hybridized carbons (Fsp3) is 0.190. The van der Waals surface area contributed by atoms with Crippen LogP contribution in [0.3, 0.4) is 0 Å². The van der Waals surface area contributed by atoms with Gasteiger partial charge in [0.1, 0.15) is 5.69 Å². The fourth-order valence-electron chi connectivity index (χ4n) is 3.09. The number of nitrogens with zero attached hydrogens (tertiary/aromatic N) is 6. The van der Waals surface area contributed by atoms with Gasteiger partial charge in [0.2, 0.25) is 5.95 Å². The lowest BCUT2D eigenvalue weighted by Gasteiger charge is -2.12. The summed E-state index contributed by atoms with van der Waals surface area (Å²) in [6.07, 6.45) is 8.92. The van der Waals surface area contributed by atoms with E-state index in [9.17, 15) is 4.39 Å². The molecule has 28 heavy (non-hydrogen) atoms. The van der Waals surface area contributed by atoms with Gasteiger partial charge in [-0.2, -0.15) is 14.6 Å². The highest BCUT2D eigenvalue weighted by molar-refractivity contribution is 5.58. The third kappa shape index (κ3) is 3.78. The average Bonchev–Trinajstić information content (AvgIpc) is 3.18. The summed E-state index contributed by atoms with van der Waals surface area (Å²) in [5.74, 6) is 0.0689. The maximum atomic E-state index is 13.5. The second-order valence-electron chi connectivity index (χ2n) is 6.42. The Hall–Kier alpha value is -3.48. The third-order valence-electron chi connectivity index (χ3n) is 4.42. The van der Waals surface area contributed by atoms with Crippen LogP contribution in [0.25, 0.3) is 22.8 Å². The summed E-state index contributed by atoms with van der Waals surface area (Å²) in [6, 6.07) is 10.6. The first-order valence-electron chi connectivity index (χ1n) is 9.14. The molecule has 0 saturated heterocycles. The highest BCUT2D eigenvalue weighted by Crippen LogP contribution is 2.21. The van der Waals surface area contributed by atoms with Crippen molar-refractivity contribution in [1.82, 2.24) is 29.7 Å². The average molecular weight is 374 g/mol. The van der Waals surface area contributed by atoms with Crippen molar-refractivity contribution in [3.05, 3.63) is 78.4 Å². The molecule has 140 valence electrons. The maximum absolute atomic E-state index is 13.5. The molecule has 0 atom stereocenters. The van der Waals surface area contributed by atoms with Crippen LogP contribution in [0.4, 0.5) is 4.39 Å². The van der Waals surface area contributed by atoms with E-state index >= 15 is 0 Å². The molecule has 4 heterocycles. The van der Waals surface area contributed by atoms with Gasteiger partial charge >= 0.3 is 0 Å². The predicted octanol–water partition coefficient (Wildman–Crippen LogP) is 3.94. The Balaban J connectivity index is 1.68. The minimum atomic E-state index is -0.528. The van der Waals surface area contributed by atoms with E-state index in [0.717, 1.165) is 35.4 Å². The van der Waals surface area contributed by atoms with E-state index in [0.29, 0.717) is 18.1 Å². The van der Waals surface area contributed by atoms with E-state index < -0.39 is 5.95 Å². The predicted molar refractivity (Wildman–Crippen MR) is 104 cm³/mol. The van der Waals surface area contributed by atoms with Gasteiger partial charge in [-0.3, -0.25) is 4.98 Å². The minimum Gasteiger partial charge on any atom is -0.324 e. The van der Waals surface area contributed by atoms with Crippen molar-refractivity contribution in [2.75, 3.05) is 0 Å². The summed E-state index contributed by atoms with van der Waals surface area (Å²) in [5, 5.41) is 8.87. The van der Waals surface area contributed by atoms with Gasteiger partial charge in [0.15, 0.2) is 5.82 Å². The molecular formula is C21H19FN6. The Morgan fingerprint density at radius 1 is 1.04 bits per heavy atom. The minimum absolute atomic E-state index is 0.488. The first kappa shape index (κ1) is 17.9. The van der Waals surface area contributed by atoms with Gasteiger partial charge in [-0.05, 0) is 42.3 Å². The number of rotatable bonds is 6. The van der Waals surface area contributed by atoms with Crippen molar-refractivity contribution in [1.29, 1.82) is 0 Å². The Kier molecular flexibility index (Phi) is 5.14. The molecule has 0 fully saturated rings. The normalized spacial score (nSPS) is 10.9. The quantitative estimate of drug-likeness (QED) is 0.478. The molecule has 0 bridgehead atoms. The molecule has 0 unspecified atom stereocenters. The summed E-state index contributed by atoms with van der Waals surface area (Å²) >= 11 is 0. The van der Waals surface area contributed by atoms with Gasteiger partial charge in [-0.25, -0.2) is 9.97 Å². The number of halogens is 1. The highest BCUT2D eigenvalue weighted by Gasteiger charge is 2.13. The Labute approximate surface area is 162 Å². The number of hydrogen-bond acceptors (Lipinski definition) is 5. The number of hydrogen-bond donors (Lipinski definition) is 0. The fourth-order valence-corrected chi connectivity index (χ4v) is 3.09. The topological polar surface area (TPSA) is 69.4 Å². The van der Waals surface area contributed by atoms with Crippen molar-refractivity contribution in [3.8, 4) is 22.8 Å². The van der Waals surface area contributed by atoms with Crippen molar-refractivity contribution < 1.29 is 4.39 Å². The zero-order valence-electron chi connectivity index (χ0n) is 15.5. The van der Waals surface area contributed by atoms with E-state index in [1.54, 1.807) is 30.7 Å². The molecular weight excluding hydrogens is 355 g/mol. The van der Waals surface area contributed by atoms with E-state index in [1.165, 1.54) is 6.07 Å². The van der Waals surface area contributed by atoms with Crippen LogP contribution in [-0.4, -0.2) is 29.7 Å². The molecule has 6 nitrogen and oxygen atoms in total. The van der Waals surface area contributed by atoms with Gasteiger partial charge < -0.3 is 4.57 Å². The smallest absolute Gasteiger partial charge is 0.213 e. The molecule has 7 heteroatoms. The lowest BCUT2D eigenvalue weighted by atomic mass is 10.1. The Morgan fingerprint density at radius 2 is 1.96 bits per heavy atom. The van der Waals surface area contributed by atoms with Gasteiger partial charge in [-0.1, -0.05) is 19.4 Å². The van der Waals surface area contributed by atoms with Gasteiger partial charge in [-0.15, -0.1) is 0 Å². The van der Waals surface area contributed by atoms with Gasteiger partial charge in [0, 0.05) is 30.4 Å². The number of aromatic nitrogens is 6. The number of pyridine rings is 2. The molecule has 0 aliphatic rings. The molecule has 0 N–H and O–H groups in total. The van der Waals surface area contributed by atoms with E-state index in [2.05, 4.69) is 38.1 Å². The molecule has 0 amide bonds. The lowest BCUT2D eigenvalue weighted by molar-refractivity contribution is 0.584. The molecule has 0 radical (unpaired) electrons. The zero-order chi connectivity index (χ0) is 19.3. The monoisotopic (exact) mass is 374 g/mol. The molecule has 0 spiro atoms. The summed E-state index contributed by atoms with van der Waals surface area (Å²) in [6.45, 7) is 2.62. The van der Waals surface area contributed by atoms with Crippen LogP contribution in [-0.2, 0) is 13.0 Å². The molecule has 0 aliphatic heterocycles. The van der Waals surface area contributed by atoms with Crippen LogP contribution >= 0.6 is 0 Å². The van der Waals surface area contributed by atoms with E-state index in [4.69, 9.17) is 0 Å². The maximum Gasteiger partial charge on any atom is 0.213 e. The molecule has 4 aromatic heterocycles. The van der Waals surface area contributed by atoms with Gasteiger partial charge in [0.25, 0.3) is 0 Å². The largest absolute Gasteiger partial charge is 0.324 e. The van der Waals surface area contributed by atoms with E-state index in [-0.39, 0.29) is 0 Å². The Morgan fingerprint density at radius 3 is 2.75 bits per heavy atom. The molecule has 0 aromatic carbocycles. The van der Waals surface area contributed by atoms with Crippen LogP contribution < -0.4 is 0 Å². The van der Waals surface area contributed by atoms with E-state index in [1.807, 2.05) is 22.9 Å². The van der Waals surface area contributed by atoms with Crippen LogP contribution in [0.2, 0.25) is 0 Å². The zero-order valence-corrected chi connectivity index (χ0v) is 15.5. The first-order chi connectivity index (χ1) is 13.7. The SMILES string of the molecule is CCCc1cc(-c2cccnc2)nnc1Cn1ccnc1-c1cccc(F)n1. The van der Waals surface area contributed by atoms with Crippen molar-refractivity contribution in [3.63, 3.8) is 0 Å². The van der Waals surface area contributed by atoms with Crippen LogP contribution in [0, 0.1) is 5.95 Å². The number of imidazole rings is 1. The third-order valence-corrected chi connectivity index (χ3v) is 4.42. The molecule has 0 saturated carbocycles. The second kappa shape index (κ2) is 8.04. The van der Waals surface area contributed by atoms with Crippen molar-refractivity contribution in [2.24, 2.45) is 0 Å². The molecule has 0 aliphatic carbocycles. The molecule has 4 aromatic rings. The van der Waals surface area contributed by atoms with Crippen molar-refractivity contribution in [2.45, 2.75) is 26.3 Å². The Bertz CT molecular complexity index is 1080. The summed E-state index contributed by atoms with van der Waals surface area (Å²) in [4.78, 5) is 12.4. The summed E-state index contributed by atoms with van der Waals surface area (Å²) in [7, 11) is 0. The lowest BCUT2D eigenvalue weighted by Crippen LogP contribution is -2.09. The standard InChI is InChI=1S/C21H19FN6/c1-2-5-15-12-18(16-6-4-9-23-13-16)26-27-19(15)14-28-11-10-24-21(28)17-7-3-8-20(22)25-17/h3-4,6-13H,2,5,14H2,1H3. The second-order valence-corrected chi connectivity index (χ2v) is 6.42. The highest BCUT2D eigenvalue weighted by atomic mass is 19.1.